The molecule has 2 amide bonds. The molecule has 1 rings (SSSR count). The highest BCUT2D eigenvalue weighted by Crippen LogP contribution is 2.18. The van der Waals surface area contributed by atoms with Crippen LogP contribution in [0.3, 0.4) is 0 Å². The first-order valence-electron chi connectivity index (χ1n) is 10.6. The zero-order valence-electron chi connectivity index (χ0n) is 18.3. The van der Waals surface area contributed by atoms with Gasteiger partial charge in [-0.2, -0.15) is 0 Å². The maximum Gasteiger partial charge on any atom is 0.408 e. The third kappa shape index (κ3) is 9.73. The Balaban J connectivity index is 2.40. The number of hydrogen-bond acceptors (Lipinski definition) is 5. The van der Waals surface area contributed by atoms with E-state index in [0.717, 1.165) is 45.1 Å². The highest BCUT2D eigenvalue weighted by molar-refractivity contribution is 5.86. The van der Waals surface area contributed by atoms with Gasteiger partial charge in [-0.3, -0.25) is 4.79 Å². The quantitative estimate of drug-likeness (QED) is 0.550. The van der Waals surface area contributed by atoms with Gasteiger partial charge in [-0.05, 0) is 52.4 Å². The third-order valence-corrected chi connectivity index (χ3v) is 4.76. The molecule has 0 aromatic carbocycles. The maximum absolute atomic E-state index is 12.9. The third-order valence-electron chi connectivity index (χ3n) is 4.76. The monoisotopic (exact) mass is 400 g/mol. The lowest BCUT2D eigenvalue weighted by Gasteiger charge is -2.35. The van der Waals surface area contributed by atoms with E-state index in [0.29, 0.717) is 13.1 Å². The van der Waals surface area contributed by atoms with Crippen molar-refractivity contribution in [1.29, 1.82) is 0 Å². The van der Waals surface area contributed by atoms with Gasteiger partial charge in [0.05, 0.1) is 6.10 Å². The highest BCUT2D eigenvalue weighted by Gasteiger charge is 2.32. The number of amides is 2. The normalized spacial score (nSPS) is 16.9. The fourth-order valence-corrected chi connectivity index (χ4v) is 3.21. The van der Waals surface area contributed by atoms with Crippen molar-refractivity contribution in [3.63, 3.8) is 0 Å². The summed E-state index contributed by atoms with van der Waals surface area (Å²) in [5, 5.41) is 11.5. The van der Waals surface area contributed by atoms with E-state index >= 15 is 0 Å². The number of rotatable bonds is 10. The second-order valence-corrected chi connectivity index (χ2v) is 8.90. The highest BCUT2D eigenvalue weighted by atomic mass is 16.6. The van der Waals surface area contributed by atoms with Gasteiger partial charge >= 0.3 is 6.09 Å². The first-order chi connectivity index (χ1) is 13.1. The first-order valence-corrected chi connectivity index (χ1v) is 10.6. The van der Waals surface area contributed by atoms with Gasteiger partial charge < -0.3 is 24.8 Å². The predicted octanol–water partition coefficient (Wildman–Crippen LogP) is 3.10. The Morgan fingerprint density at radius 1 is 1.11 bits per heavy atom. The zero-order valence-corrected chi connectivity index (χ0v) is 18.3. The number of aliphatic hydroxyl groups is 1. The van der Waals surface area contributed by atoms with Crippen LogP contribution in [-0.4, -0.2) is 66.1 Å². The zero-order chi connectivity index (χ0) is 21.2. The average molecular weight is 401 g/mol. The lowest BCUT2D eigenvalue weighted by Crippen LogP contribution is -2.54. The molecule has 0 aromatic rings. The Labute approximate surface area is 170 Å². The van der Waals surface area contributed by atoms with Gasteiger partial charge in [-0.15, -0.1) is 0 Å². The molecule has 1 fully saturated rings. The minimum atomic E-state index is -0.595. The van der Waals surface area contributed by atoms with E-state index < -0.39 is 17.7 Å². The minimum Gasteiger partial charge on any atom is -0.444 e. The van der Waals surface area contributed by atoms with Gasteiger partial charge in [-0.25, -0.2) is 4.79 Å². The fourth-order valence-electron chi connectivity index (χ4n) is 3.21. The summed E-state index contributed by atoms with van der Waals surface area (Å²) in [6, 6.07) is -0.584. The van der Waals surface area contributed by atoms with Crippen LogP contribution in [0.2, 0.25) is 0 Å². The summed E-state index contributed by atoms with van der Waals surface area (Å²) in [4.78, 5) is 26.8. The van der Waals surface area contributed by atoms with Gasteiger partial charge in [0, 0.05) is 26.3 Å². The van der Waals surface area contributed by atoms with Crippen molar-refractivity contribution in [2.45, 2.75) is 90.9 Å². The number of unbranched alkanes of at least 4 members (excludes halogenated alkanes) is 3. The van der Waals surface area contributed by atoms with Crippen molar-refractivity contribution in [3.05, 3.63) is 0 Å². The van der Waals surface area contributed by atoms with Crippen molar-refractivity contribution < 1.29 is 24.2 Å². The molecular weight excluding hydrogens is 360 g/mol. The molecule has 1 saturated heterocycles. The van der Waals surface area contributed by atoms with Crippen molar-refractivity contribution in [2.24, 2.45) is 5.92 Å². The number of piperidine rings is 1. The number of likely N-dealkylation sites (tertiary alicyclic amines) is 1. The standard InChI is InChI=1S/C21H40N2O5/c1-16(2)18(22-20(26)28-21(3,4)5)19(25)23-12-10-17(11-13-23)27-15-9-7-6-8-14-24/h16-18,24H,6-15H2,1-5H3,(H,22,26)/t18-/m0/s1. The van der Waals surface area contributed by atoms with E-state index in [1.165, 1.54) is 0 Å². The summed E-state index contributed by atoms with van der Waals surface area (Å²) in [6.07, 6.45) is 5.25. The van der Waals surface area contributed by atoms with E-state index in [2.05, 4.69) is 5.32 Å². The topological polar surface area (TPSA) is 88.1 Å². The second kappa shape index (κ2) is 12.3. The van der Waals surface area contributed by atoms with Crippen LogP contribution in [0.4, 0.5) is 4.79 Å². The largest absolute Gasteiger partial charge is 0.444 e. The molecule has 7 nitrogen and oxygen atoms in total. The Morgan fingerprint density at radius 2 is 1.71 bits per heavy atom. The summed E-state index contributed by atoms with van der Waals surface area (Å²) in [5.41, 5.74) is -0.595. The van der Waals surface area contributed by atoms with Crippen molar-refractivity contribution >= 4 is 12.0 Å². The molecule has 0 spiro atoms. The molecule has 2 N–H and O–H groups in total. The molecule has 28 heavy (non-hydrogen) atoms. The Hall–Kier alpha value is -1.34. The summed E-state index contributed by atoms with van der Waals surface area (Å²) in [5.74, 6) is -0.0729. The van der Waals surface area contributed by atoms with Crippen LogP contribution in [0.5, 0.6) is 0 Å². The molecule has 0 bridgehead atoms. The number of nitrogens with zero attached hydrogens (tertiary/aromatic N) is 1. The van der Waals surface area contributed by atoms with E-state index in [1.807, 2.05) is 18.7 Å². The molecule has 7 heteroatoms. The fraction of sp³-hybridized carbons (Fsp3) is 0.905. The SMILES string of the molecule is CC(C)[C@H](NC(=O)OC(C)(C)C)C(=O)N1CCC(OCCCCCCO)CC1. The molecule has 1 heterocycles. The van der Waals surface area contributed by atoms with Crippen molar-refractivity contribution in [1.82, 2.24) is 10.2 Å². The lowest BCUT2D eigenvalue weighted by atomic mass is 10.0. The van der Waals surface area contributed by atoms with Gasteiger partial charge in [0.2, 0.25) is 5.91 Å². The molecule has 0 radical (unpaired) electrons. The van der Waals surface area contributed by atoms with E-state index in [4.69, 9.17) is 14.6 Å². The summed E-state index contributed by atoms with van der Waals surface area (Å²) in [6.45, 7) is 11.5. The molecule has 1 atom stereocenters. The van der Waals surface area contributed by atoms with Crippen LogP contribution in [-0.2, 0) is 14.3 Å². The van der Waals surface area contributed by atoms with Crippen LogP contribution < -0.4 is 5.32 Å². The number of aliphatic hydroxyl groups excluding tert-OH is 1. The van der Waals surface area contributed by atoms with Crippen LogP contribution in [0.25, 0.3) is 0 Å². The van der Waals surface area contributed by atoms with Crippen molar-refractivity contribution in [3.8, 4) is 0 Å². The molecular formula is C21H40N2O5. The Morgan fingerprint density at radius 3 is 2.25 bits per heavy atom. The summed E-state index contributed by atoms with van der Waals surface area (Å²) >= 11 is 0. The molecule has 0 saturated carbocycles. The van der Waals surface area contributed by atoms with Gasteiger partial charge in [0.25, 0.3) is 0 Å². The van der Waals surface area contributed by atoms with E-state index in [1.54, 1.807) is 20.8 Å². The van der Waals surface area contributed by atoms with Gasteiger partial charge in [0.15, 0.2) is 0 Å². The average Bonchev–Trinajstić information content (AvgIpc) is 2.61. The Bertz CT molecular complexity index is 468. The molecule has 0 aliphatic carbocycles. The van der Waals surface area contributed by atoms with E-state index in [9.17, 15) is 9.59 Å². The molecule has 0 unspecified atom stereocenters. The molecule has 0 aromatic heterocycles. The van der Waals surface area contributed by atoms with Crippen LogP contribution in [0.1, 0.15) is 73.1 Å². The van der Waals surface area contributed by atoms with Gasteiger partial charge in [0.1, 0.15) is 11.6 Å². The van der Waals surface area contributed by atoms with Gasteiger partial charge in [-0.1, -0.05) is 26.7 Å². The first kappa shape index (κ1) is 24.7. The number of hydrogen-bond donors (Lipinski definition) is 2. The number of alkyl carbamates (subject to hydrolysis) is 1. The minimum absolute atomic E-state index is 0.0205. The summed E-state index contributed by atoms with van der Waals surface area (Å²) < 4.78 is 11.2. The molecule has 164 valence electrons. The van der Waals surface area contributed by atoms with Crippen LogP contribution in [0, 0.1) is 5.92 Å². The Kier molecular flexibility index (Phi) is 10.8. The second-order valence-electron chi connectivity index (χ2n) is 8.90. The predicted molar refractivity (Wildman–Crippen MR) is 109 cm³/mol. The number of ether oxygens (including phenoxy) is 2. The number of carbonyl (C=O) groups is 2. The van der Waals surface area contributed by atoms with Crippen LogP contribution in [0.15, 0.2) is 0 Å². The number of carbonyl (C=O) groups excluding carboxylic acids is 2. The summed E-state index contributed by atoms with van der Waals surface area (Å²) in [7, 11) is 0. The number of nitrogens with one attached hydrogen (secondary N) is 1. The smallest absolute Gasteiger partial charge is 0.408 e. The lowest BCUT2D eigenvalue weighted by molar-refractivity contribution is -0.137. The van der Waals surface area contributed by atoms with Crippen molar-refractivity contribution in [2.75, 3.05) is 26.3 Å². The maximum atomic E-state index is 12.9. The molecule has 1 aliphatic rings. The molecule has 1 aliphatic heterocycles. The van der Waals surface area contributed by atoms with Crippen LogP contribution >= 0.6 is 0 Å². The van der Waals surface area contributed by atoms with E-state index in [-0.39, 0.29) is 24.5 Å².